The molecule has 1 fully saturated rings. The maximum atomic E-state index is 11.1. The van der Waals surface area contributed by atoms with E-state index < -0.39 is 5.97 Å². The smallest absolute Gasteiger partial charge is 0.354 e. The highest BCUT2D eigenvalue weighted by molar-refractivity contribution is 5.97. The summed E-state index contributed by atoms with van der Waals surface area (Å²) in [5.74, 6) is -0.284. The summed E-state index contributed by atoms with van der Waals surface area (Å²) in [6.07, 6.45) is 2.51. The summed E-state index contributed by atoms with van der Waals surface area (Å²) >= 11 is 0. The van der Waals surface area contributed by atoms with Crippen LogP contribution in [0.15, 0.2) is 30.3 Å². The largest absolute Gasteiger partial charge is 0.477 e. The summed E-state index contributed by atoms with van der Waals surface area (Å²) in [4.78, 5) is 15.3. The van der Waals surface area contributed by atoms with Gasteiger partial charge in [-0.2, -0.15) is 0 Å². The van der Waals surface area contributed by atoms with Crippen molar-refractivity contribution in [2.45, 2.75) is 25.8 Å². The van der Waals surface area contributed by atoms with Gasteiger partial charge in [-0.1, -0.05) is 18.2 Å². The van der Waals surface area contributed by atoms with E-state index in [-0.39, 0.29) is 5.69 Å². The Morgan fingerprint density at radius 1 is 1.42 bits per heavy atom. The van der Waals surface area contributed by atoms with Crippen LogP contribution in [0.2, 0.25) is 0 Å². The van der Waals surface area contributed by atoms with Crippen LogP contribution in [0.1, 0.15) is 30.3 Å². The van der Waals surface area contributed by atoms with Gasteiger partial charge in [0.1, 0.15) is 0 Å². The van der Waals surface area contributed by atoms with E-state index >= 15 is 0 Å². The van der Waals surface area contributed by atoms with Gasteiger partial charge in [-0.05, 0) is 37.8 Å². The van der Waals surface area contributed by atoms with E-state index in [1.54, 1.807) is 6.07 Å². The molecule has 0 aliphatic heterocycles. The molecule has 1 unspecified atom stereocenters. The van der Waals surface area contributed by atoms with Gasteiger partial charge >= 0.3 is 5.97 Å². The average molecular weight is 256 g/mol. The number of nitrogens with zero attached hydrogens (tertiary/aromatic N) is 1. The van der Waals surface area contributed by atoms with E-state index in [4.69, 9.17) is 5.11 Å². The van der Waals surface area contributed by atoms with Crippen molar-refractivity contribution in [3.8, 4) is 0 Å². The Balaban J connectivity index is 2.06. The van der Waals surface area contributed by atoms with Gasteiger partial charge in [0, 0.05) is 17.1 Å². The fourth-order valence-corrected chi connectivity index (χ4v) is 2.36. The molecule has 0 amide bonds. The predicted molar refractivity (Wildman–Crippen MR) is 74.5 cm³/mol. The number of nitrogens with one attached hydrogen (secondary N) is 1. The molecule has 98 valence electrons. The Hall–Kier alpha value is -2.10. The molecule has 0 bridgehead atoms. The summed E-state index contributed by atoms with van der Waals surface area (Å²) < 4.78 is 0. The third kappa shape index (κ3) is 2.38. The molecule has 1 saturated carbocycles. The Morgan fingerprint density at radius 3 is 2.84 bits per heavy atom. The van der Waals surface area contributed by atoms with Crippen LogP contribution in [0.25, 0.3) is 10.9 Å². The minimum absolute atomic E-state index is 0.0872. The third-order valence-corrected chi connectivity index (χ3v) is 3.65. The monoisotopic (exact) mass is 256 g/mol. The maximum absolute atomic E-state index is 11.1. The number of pyridine rings is 1. The fraction of sp³-hybridized carbons (Fsp3) is 0.333. The number of benzene rings is 1. The van der Waals surface area contributed by atoms with Crippen molar-refractivity contribution in [3.05, 3.63) is 36.0 Å². The number of hydrogen-bond acceptors (Lipinski definition) is 3. The first kappa shape index (κ1) is 12.0. The molecule has 3 rings (SSSR count). The molecular weight excluding hydrogens is 240 g/mol. The SMILES string of the molecule is CC(Nc1cc(C(=O)O)nc2ccccc12)C1CC1. The molecule has 2 N–H and O–H groups in total. The zero-order valence-corrected chi connectivity index (χ0v) is 10.8. The third-order valence-electron chi connectivity index (χ3n) is 3.65. The first-order valence-corrected chi connectivity index (χ1v) is 6.55. The Labute approximate surface area is 111 Å². The van der Waals surface area contributed by atoms with Gasteiger partial charge in [0.15, 0.2) is 5.69 Å². The van der Waals surface area contributed by atoms with E-state index in [0.29, 0.717) is 17.5 Å². The first-order chi connectivity index (χ1) is 9.15. The zero-order valence-electron chi connectivity index (χ0n) is 10.8. The topological polar surface area (TPSA) is 62.2 Å². The van der Waals surface area contributed by atoms with E-state index in [1.165, 1.54) is 12.8 Å². The van der Waals surface area contributed by atoms with Gasteiger partial charge in [-0.3, -0.25) is 0 Å². The van der Waals surface area contributed by atoms with Crippen molar-refractivity contribution in [3.63, 3.8) is 0 Å². The highest BCUT2D eigenvalue weighted by Crippen LogP contribution is 2.35. The average Bonchev–Trinajstić information content (AvgIpc) is 3.22. The van der Waals surface area contributed by atoms with Gasteiger partial charge in [0.25, 0.3) is 0 Å². The van der Waals surface area contributed by atoms with Crippen molar-refractivity contribution < 1.29 is 9.90 Å². The molecule has 1 atom stereocenters. The first-order valence-electron chi connectivity index (χ1n) is 6.55. The number of aromatic carboxylic acids is 1. The lowest BCUT2D eigenvalue weighted by molar-refractivity contribution is 0.0691. The Morgan fingerprint density at radius 2 is 2.16 bits per heavy atom. The number of carbonyl (C=O) groups is 1. The van der Waals surface area contributed by atoms with Crippen molar-refractivity contribution in [1.82, 2.24) is 4.98 Å². The van der Waals surface area contributed by atoms with Crippen molar-refractivity contribution in [2.75, 3.05) is 5.32 Å². The van der Waals surface area contributed by atoms with Crippen molar-refractivity contribution in [1.29, 1.82) is 0 Å². The predicted octanol–water partition coefficient (Wildman–Crippen LogP) is 3.14. The van der Waals surface area contributed by atoms with Gasteiger partial charge in [-0.15, -0.1) is 0 Å². The van der Waals surface area contributed by atoms with Crippen LogP contribution in [0, 0.1) is 5.92 Å². The van der Waals surface area contributed by atoms with E-state index in [1.807, 2.05) is 24.3 Å². The van der Waals surface area contributed by atoms with Crippen LogP contribution < -0.4 is 5.32 Å². The minimum atomic E-state index is -0.993. The van der Waals surface area contributed by atoms with Crippen LogP contribution in [0.5, 0.6) is 0 Å². The molecule has 1 aromatic heterocycles. The summed E-state index contributed by atoms with van der Waals surface area (Å²) in [6.45, 7) is 2.15. The number of fused-ring (bicyclic) bond motifs is 1. The Bertz CT molecular complexity index is 635. The number of carboxylic acids is 1. The molecule has 0 spiro atoms. The van der Waals surface area contributed by atoms with Crippen LogP contribution in [0.3, 0.4) is 0 Å². The maximum Gasteiger partial charge on any atom is 0.354 e. The molecule has 1 aromatic carbocycles. The number of anilines is 1. The normalized spacial score (nSPS) is 16.3. The molecular formula is C15H16N2O2. The fourth-order valence-electron chi connectivity index (χ4n) is 2.36. The highest BCUT2D eigenvalue weighted by atomic mass is 16.4. The molecule has 1 aliphatic rings. The lowest BCUT2D eigenvalue weighted by Gasteiger charge is -2.16. The lowest BCUT2D eigenvalue weighted by atomic mass is 10.1. The standard InChI is InChI=1S/C15H16N2O2/c1-9(10-6-7-10)16-13-8-14(15(18)19)17-12-5-3-2-4-11(12)13/h2-5,8-10H,6-7H2,1H3,(H,16,17)(H,18,19). The zero-order chi connectivity index (χ0) is 13.4. The molecule has 0 radical (unpaired) electrons. The summed E-state index contributed by atoms with van der Waals surface area (Å²) in [7, 11) is 0. The lowest BCUT2D eigenvalue weighted by Crippen LogP contribution is -2.18. The second-order valence-electron chi connectivity index (χ2n) is 5.15. The minimum Gasteiger partial charge on any atom is -0.477 e. The molecule has 1 heterocycles. The molecule has 19 heavy (non-hydrogen) atoms. The highest BCUT2D eigenvalue weighted by Gasteiger charge is 2.28. The molecule has 4 nitrogen and oxygen atoms in total. The number of rotatable bonds is 4. The number of carboxylic acid groups (broad SMARTS) is 1. The quantitative estimate of drug-likeness (QED) is 0.882. The Kier molecular flexibility index (Phi) is 2.85. The van der Waals surface area contributed by atoms with Gasteiger partial charge in [-0.25, -0.2) is 9.78 Å². The van der Waals surface area contributed by atoms with Gasteiger partial charge in [0.2, 0.25) is 0 Å². The van der Waals surface area contributed by atoms with Crippen LogP contribution in [-0.2, 0) is 0 Å². The van der Waals surface area contributed by atoms with E-state index in [2.05, 4.69) is 17.2 Å². The summed E-state index contributed by atoms with van der Waals surface area (Å²) in [5.41, 5.74) is 1.67. The van der Waals surface area contributed by atoms with Crippen molar-refractivity contribution in [2.24, 2.45) is 5.92 Å². The summed E-state index contributed by atoms with van der Waals surface area (Å²) in [5, 5.41) is 13.5. The van der Waals surface area contributed by atoms with Gasteiger partial charge < -0.3 is 10.4 Å². The molecule has 1 aliphatic carbocycles. The number of hydrogen-bond donors (Lipinski definition) is 2. The second-order valence-corrected chi connectivity index (χ2v) is 5.15. The number of para-hydroxylation sites is 1. The van der Waals surface area contributed by atoms with Crippen LogP contribution in [0.4, 0.5) is 5.69 Å². The molecule has 4 heteroatoms. The second kappa shape index (κ2) is 4.53. The molecule has 2 aromatic rings. The van der Waals surface area contributed by atoms with E-state index in [0.717, 1.165) is 11.1 Å². The van der Waals surface area contributed by atoms with E-state index in [9.17, 15) is 4.79 Å². The summed E-state index contributed by atoms with van der Waals surface area (Å²) in [6, 6.07) is 9.62. The van der Waals surface area contributed by atoms with Crippen LogP contribution in [-0.4, -0.2) is 22.1 Å². The van der Waals surface area contributed by atoms with Gasteiger partial charge in [0.05, 0.1) is 5.52 Å². The number of aromatic nitrogens is 1. The molecule has 0 saturated heterocycles. The van der Waals surface area contributed by atoms with Crippen molar-refractivity contribution >= 4 is 22.6 Å². The van der Waals surface area contributed by atoms with Crippen LogP contribution >= 0.6 is 0 Å².